The molecule has 0 aliphatic carbocycles. The zero-order valence-electron chi connectivity index (χ0n) is 54.3. The SMILES string of the molecule is C.C.C.C.C#CCCC(=O)OCCOCCOCCC.CCC(=O)OCC(Cn1cc(CCC(=O)OCCOCCOCCO)nn1)OC(=O)CC.CCCOCCOCCO.CCCOCCOCCOC(=O)CCc1cn(CC(COC(=O)CC)OC(=O)CC)nn1. The van der Waals surface area contributed by atoms with Crippen LogP contribution in [0.15, 0.2) is 12.4 Å². The fraction of sp³-hybridized carbons (Fsp3) is 0.797. The number of aromatic nitrogens is 6. The summed E-state index contributed by atoms with van der Waals surface area (Å²) in [6, 6.07) is 0. The number of aryl methyl sites for hydroxylation is 2. The van der Waals surface area contributed by atoms with Crippen molar-refractivity contribution in [2.75, 3.05) is 152 Å². The lowest BCUT2D eigenvalue weighted by Crippen LogP contribution is -2.29. The summed E-state index contributed by atoms with van der Waals surface area (Å²) in [6.07, 6.45) is 12.5. The van der Waals surface area contributed by atoms with Crippen LogP contribution in [0.3, 0.4) is 0 Å². The van der Waals surface area contributed by atoms with Gasteiger partial charge in [0.05, 0.1) is 143 Å². The highest BCUT2D eigenvalue weighted by Gasteiger charge is 2.20. The number of carbonyl (C=O) groups is 7. The van der Waals surface area contributed by atoms with Crippen LogP contribution in [0.1, 0.15) is 160 Å². The molecule has 2 rings (SSSR count). The minimum atomic E-state index is -0.688. The number of ether oxygens (including phenoxy) is 15. The van der Waals surface area contributed by atoms with Crippen molar-refractivity contribution in [3.63, 3.8) is 0 Å². The average molecular weight is 1360 g/mol. The van der Waals surface area contributed by atoms with E-state index in [4.69, 9.17) is 87.7 Å². The summed E-state index contributed by atoms with van der Waals surface area (Å²) in [7, 11) is 0. The molecule has 0 aliphatic heterocycles. The highest BCUT2D eigenvalue weighted by molar-refractivity contribution is 5.71. The van der Waals surface area contributed by atoms with Crippen LogP contribution in [-0.2, 0) is 131 Å². The van der Waals surface area contributed by atoms with E-state index in [0.29, 0.717) is 110 Å². The second kappa shape index (κ2) is 74.1. The fourth-order valence-electron chi connectivity index (χ4n) is 6.21. The molecule has 30 heteroatoms. The molecule has 0 amide bonds. The van der Waals surface area contributed by atoms with Gasteiger partial charge in [0, 0.05) is 77.2 Å². The summed E-state index contributed by atoms with van der Waals surface area (Å²) < 4.78 is 80.1. The number of aliphatic hydroxyl groups excluding tert-OH is 2. The van der Waals surface area contributed by atoms with Crippen molar-refractivity contribution >= 4 is 41.8 Å². The normalized spacial score (nSPS) is 10.7. The summed E-state index contributed by atoms with van der Waals surface area (Å²) >= 11 is 0. The van der Waals surface area contributed by atoms with Gasteiger partial charge in [-0.2, -0.15) is 0 Å². The number of terminal acetylenes is 1. The van der Waals surface area contributed by atoms with Gasteiger partial charge in [0.1, 0.15) is 33.0 Å². The topological polar surface area (TPSA) is 360 Å². The number of hydrogen-bond acceptors (Lipinski definition) is 28. The maximum atomic E-state index is 11.8. The third-order valence-corrected chi connectivity index (χ3v) is 10.7. The van der Waals surface area contributed by atoms with Crippen LogP contribution in [-0.4, -0.2) is 246 Å². The number of hydrogen-bond donors (Lipinski definition) is 2. The summed E-state index contributed by atoms with van der Waals surface area (Å²) in [5.41, 5.74) is 1.17. The van der Waals surface area contributed by atoms with E-state index >= 15 is 0 Å². The third-order valence-electron chi connectivity index (χ3n) is 10.7. The molecule has 0 radical (unpaired) electrons. The Morgan fingerprint density at radius 1 is 0.404 bits per heavy atom. The molecular weight excluding hydrogens is 1240 g/mol. The molecule has 0 saturated heterocycles. The predicted molar refractivity (Wildman–Crippen MR) is 349 cm³/mol. The molecule has 30 nitrogen and oxygen atoms in total. The highest BCUT2D eigenvalue weighted by Crippen LogP contribution is 2.08. The first-order valence-electron chi connectivity index (χ1n) is 30.9. The average Bonchev–Trinajstić information content (AvgIpc) is 1.88. The van der Waals surface area contributed by atoms with Gasteiger partial charge in [-0.05, 0) is 19.3 Å². The lowest BCUT2D eigenvalue weighted by atomic mass is 10.2. The first-order chi connectivity index (χ1) is 43.7. The molecule has 2 unspecified atom stereocenters. The Morgan fingerprint density at radius 2 is 0.691 bits per heavy atom. The Morgan fingerprint density at radius 3 is 0.979 bits per heavy atom. The van der Waals surface area contributed by atoms with Crippen molar-refractivity contribution in [1.29, 1.82) is 0 Å². The Hall–Kier alpha value is -6.27. The Kier molecular flexibility index (Phi) is 77.9. The van der Waals surface area contributed by atoms with Gasteiger partial charge in [-0.15, -0.1) is 22.5 Å². The monoisotopic (exact) mass is 1360 g/mol. The molecule has 94 heavy (non-hydrogen) atoms. The predicted octanol–water partition coefficient (Wildman–Crippen LogP) is 5.88. The number of rotatable bonds is 53. The van der Waals surface area contributed by atoms with Gasteiger partial charge < -0.3 is 81.3 Å². The molecule has 0 bridgehead atoms. The standard InChI is InChI=1S/C21H35N3O8.C20H33N3O9.C12H20O4.C7H16O3.4CH4/c1-4-9-28-10-11-29-12-13-30-21(27)8-7-17-14-24(23-22-17)15-18(32-20(26)6-3)16-31-19(25)5-2;1-3-18(25)31-15-17(32-19(26)4-2)14-23-13-16(21-22-23)5-6-20(27)30-12-11-29-10-9-28-8-7-24;1-3-5-6-12(13)16-11-10-15-9-8-14-7-4-2;1-2-4-9-6-7-10-5-3-8;;;;/h14,18H,4-13,15-16H2,1-3H3;13,17,24H,3-12,14-15H2,1-2H3;1H,4-11H2,2H3;8H,2-7H2,1H3;4*1H4. The molecule has 2 N–H and O–H groups in total. The van der Waals surface area contributed by atoms with Crippen LogP contribution < -0.4 is 0 Å². The molecule has 2 aromatic heterocycles. The first kappa shape index (κ1) is 98.8. The zero-order chi connectivity index (χ0) is 66.9. The fourth-order valence-corrected chi connectivity index (χ4v) is 6.21. The van der Waals surface area contributed by atoms with Crippen LogP contribution in [0.5, 0.6) is 0 Å². The molecule has 0 saturated carbocycles. The molecule has 2 heterocycles. The van der Waals surface area contributed by atoms with Crippen LogP contribution in [0.4, 0.5) is 0 Å². The van der Waals surface area contributed by atoms with Gasteiger partial charge in [0.25, 0.3) is 0 Å². The summed E-state index contributed by atoms with van der Waals surface area (Å²) in [5.74, 6) is -0.214. The highest BCUT2D eigenvalue weighted by atomic mass is 16.6. The van der Waals surface area contributed by atoms with E-state index in [0.717, 1.165) is 32.5 Å². The largest absolute Gasteiger partial charge is 0.463 e. The van der Waals surface area contributed by atoms with Crippen molar-refractivity contribution in [2.24, 2.45) is 0 Å². The van der Waals surface area contributed by atoms with Crippen molar-refractivity contribution < 1.29 is 115 Å². The van der Waals surface area contributed by atoms with Crippen LogP contribution in [0.25, 0.3) is 0 Å². The van der Waals surface area contributed by atoms with Crippen LogP contribution >= 0.6 is 0 Å². The van der Waals surface area contributed by atoms with Crippen LogP contribution in [0.2, 0.25) is 0 Å². The molecule has 550 valence electrons. The Labute approximate surface area is 559 Å². The maximum absolute atomic E-state index is 11.8. The molecule has 0 fully saturated rings. The summed E-state index contributed by atoms with van der Waals surface area (Å²) in [6.45, 7) is 21.7. The van der Waals surface area contributed by atoms with E-state index < -0.39 is 24.1 Å². The quantitative estimate of drug-likeness (QED) is 0.0338. The van der Waals surface area contributed by atoms with Crippen molar-refractivity contribution in [3.05, 3.63) is 23.8 Å². The first-order valence-corrected chi connectivity index (χ1v) is 30.9. The van der Waals surface area contributed by atoms with E-state index in [1.165, 1.54) is 9.36 Å². The lowest BCUT2D eigenvalue weighted by Gasteiger charge is -2.17. The van der Waals surface area contributed by atoms with E-state index in [1.54, 1.807) is 40.1 Å². The molecular formula is C64H120N6O24. The number of aliphatic hydroxyl groups is 2. The number of carbonyl (C=O) groups excluding carboxylic acids is 7. The van der Waals surface area contributed by atoms with Gasteiger partial charge in [0.15, 0.2) is 12.2 Å². The number of esters is 7. The summed E-state index contributed by atoms with van der Waals surface area (Å²) in [4.78, 5) is 80.6. The third kappa shape index (κ3) is 65.8. The van der Waals surface area contributed by atoms with Crippen molar-refractivity contribution in [2.45, 2.75) is 187 Å². The van der Waals surface area contributed by atoms with Gasteiger partial charge in [-0.1, -0.05) is 88.6 Å². The Bertz CT molecular complexity index is 2010. The molecule has 2 atom stereocenters. The molecule has 0 aliphatic rings. The zero-order valence-corrected chi connectivity index (χ0v) is 54.3. The van der Waals surface area contributed by atoms with Gasteiger partial charge in [-0.3, -0.25) is 33.6 Å². The van der Waals surface area contributed by atoms with E-state index in [9.17, 15) is 33.6 Å². The smallest absolute Gasteiger partial charge is 0.306 e. The minimum Gasteiger partial charge on any atom is -0.463 e. The maximum Gasteiger partial charge on any atom is 0.306 e. The van der Waals surface area contributed by atoms with E-state index in [-0.39, 0.29) is 177 Å². The lowest BCUT2D eigenvalue weighted by molar-refractivity contribution is -0.159. The van der Waals surface area contributed by atoms with Crippen LogP contribution in [0, 0.1) is 12.3 Å². The van der Waals surface area contributed by atoms with E-state index in [1.807, 2.05) is 6.92 Å². The molecule has 0 spiro atoms. The van der Waals surface area contributed by atoms with Crippen molar-refractivity contribution in [3.8, 4) is 12.3 Å². The molecule has 0 aromatic carbocycles. The molecule has 2 aromatic rings. The van der Waals surface area contributed by atoms with Gasteiger partial charge >= 0.3 is 41.8 Å². The second-order valence-electron chi connectivity index (χ2n) is 18.6. The number of nitrogens with zero attached hydrogens (tertiary/aromatic N) is 6. The summed E-state index contributed by atoms with van der Waals surface area (Å²) in [5, 5.41) is 32.8. The van der Waals surface area contributed by atoms with Gasteiger partial charge in [-0.25, -0.2) is 9.36 Å². The van der Waals surface area contributed by atoms with Crippen molar-refractivity contribution in [1.82, 2.24) is 30.0 Å². The van der Waals surface area contributed by atoms with Gasteiger partial charge in [0.2, 0.25) is 0 Å². The Balaban J connectivity index is -0.000000293. The van der Waals surface area contributed by atoms with E-state index in [2.05, 4.69) is 40.4 Å². The second-order valence-corrected chi connectivity index (χ2v) is 18.6. The minimum absolute atomic E-state index is 0.